The summed E-state index contributed by atoms with van der Waals surface area (Å²) in [6.07, 6.45) is 2.53. The van der Waals surface area contributed by atoms with Crippen molar-refractivity contribution in [3.63, 3.8) is 0 Å². The molecule has 1 fully saturated rings. The Hall–Kier alpha value is -3.52. The largest absolute Gasteiger partial charge is 0.444 e. The molecule has 1 aliphatic carbocycles. The monoisotopic (exact) mass is 589 g/mol. The highest BCUT2D eigenvalue weighted by molar-refractivity contribution is 7.98. The molecule has 4 unspecified atom stereocenters. The van der Waals surface area contributed by atoms with Crippen molar-refractivity contribution in [1.82, 2.24) is 10.2 Å². The van der Waals surface area contributed by atoms with E-state index in [0.29, 0.717) is 17.9 Å². The van der Waals surface area contributed by atoms with Crippen LogP contribution in [0, 0.1) is 19.8 Å². The van der Waals surface area contributed by atoms with Crippen molar-refractivity contribution in [2.75, 3.05) is 17.3 Å². The number of nitrogens with zero attached hydrogens (tertiary/aromatic N) is 1. The number of fused-ring (bicyclic) bond motifs is 1. The fourth-order valence-electron chi connectivity index (χ4n) is 5.15. The van der Waals surface area contributed by atoms with Crippen LogP contribution in [0.2, 0.25) is 0 Å². The van der Waals surface area contributed by atoms with Crippen molar-refractivity contribution in [2.45, 2.75) is 78.1 Å². The van der Waals surface area contributed by atoms with E-state index in [2.05, 4.69) is 17.6 Å². The van der Waals surface area contributed by atoms with Crippen molar-refractivity contribution < 1.29 is 19.1 Å². The van der Waals surface area contributed by atoms with Gasteiger partial charge in [0.2, 0.25) is 5.91 Å². The Morgan fingerprint density at radius 2 is 1.69 bits per heavy atom. The number of thioether (sulfide) groups is 1. The summed E-state index contributed by atoms with van der Waals surface area (Å²) in [5.41, 5.74) is 2.84. The maximum atomic E-state index is 14.4. The van der Waals surface area contributed by atoms with Crippen LogP contribution in [0.15, 0.2) is 60.7 Å². The molecule has 7 nitrogen and oxygen atoms in total. The Kier molecular flexibility index (Phi) is 9.87. The van der Waals surface area contributed by atoms with E-state index in [1.807, 2.05) is 80.8 Å². The molecule has 4 atom stereocenters. The molecule has 1 saturated carbocycles. The highest BCUT2D eigenvalue weighted by Gasteiger charge is 2.48. The quantitative estimate of drug-likeness (QED) is 0.265. The first-order chi connectivity index (χ1) is 19.9. The van der Waals surface area contributed by atoms with Crippen LogP contribution in [-0.2, 0) is 14.3 Å². The maximum Gasteiger partial charge on any atom is 0.408 e. The predicted octanol–water partition coefficient (Wildman–Crippen LogP) is 7.02. The summed E-state index contributed by atoms with van der Waals surface area (Å²) in [6.45, 7) is 11.5. The Morgan fingerprint density at radius 3 is 2.31 bits per heavy atom. The summed E-state index contributed by atoms with van der Waals surface area (Å²) in [4.78, 5) is 43.2. The molecule has 0 saturated heterocycles. The van der Waals surface area contributed by atoms with Crippen molar-refractivity contribution in [1.29, 1.82) is 0 Å². The summed E-state index contributed by atoms with van der Waals surface area (Å²) in [5, 5.41) is 8.02. The summed E-state index contributed by atoms with van der Waals surface area (Å²) in [7, 11) is 0. The van der Waals surface area contributed by atoms with Gasteiger partial charge in [0.1, 0.15) is 17.7 Å². The van der Waals surface area contributed by atoms with Crippen LogP contribution < -0.4 is 10.6 Å². The van der Waals surface area contributed by atoms with Crippen LogP contribution in [-0.4, -0.2) is 52.5 Å². The molecule has 0 bridgehead atoms. The van der Waals surface area contributed by atoms with Gasteiger partial charge in [0, 0.05) is 11.7 Å². The molecule has 0 spiro atoms. The van der Waals surface area contributed by atoms with Gasteiger partial charge in [-0.15, -0.1) is 0 Å². The standard InChI is InChI=1S/C34H43N3O4S/c1-21-12-13-26(18-22(21)2)30(31(38)35-27-15-14-24-10-8-9-11-25(24)20-27)37(29-19-23(29)3)32(39)28(16-17-42-7)36-33(40)41-34(4,5)6/h8-15,18,20,23,28-30H,16-17,19H2,1-7H3,(H,35,38)(H,36,40). The molecule has 0 aromatic heterocycles. The fourth-order valence-corrected chi connectivity index (χ4v) is 5.62. The fraction of sp³-hybridized carbons (Fsp3) is 0.441. The number of ether oxygens (including phenoxy) is 1. The van der Waals surface area contributed by atoms with Gasteiger partial charge in [-0.2, -0.15) is 11.8 Å². The van der Waals surface area contributed by atoms with Gasteiger partial charge in [0.05, 0.1) is 0 Å². The Morgan fingerprint density at radius 1 is 1.00 bits per heavy atom. The van der Waals surface area contributed by atoms with Gasteiger partial charge in [-0.3, -0.25) is 9.59 Å². The zero-order valence-corrected chi connectivity index (χ0v) is 26.5. The molecule has 3 aromatic carbocycles. The number of alkyl carbamates (subject to hydrolysis) is 1. The van der Waals surface area contributed by atoms with Crippen LogP contribution in [0.1, 0.15) is 63.3 Å². The first-order valence-electron chi connectivity index (χ1n) is 14.6. The molecule has 3 amide bonds. The van der Waals surface area contributed by atoms with Gasteiger partial charge >= 0.3 is 6.09 Å². The van der Waals surface area contributed by atoms with Gasteiger partial charge in [-0.25, -0.2) is 4.79 Å². The lowest BCUT2D eigenvalue weighted by molar-refractivity contribution is -0.141. The minimum Gasteiger partial charge on any atom is -0.444 e. The SMILES string of the molecule is CSCCC(NC(=O)OC(C)(C)C)C(=O)N(C(C(=O)Nc1ccc2ccccc2c1)c1ccc(C)c(C)c1)C1CC1C. The topological polar surface area (TPSA) is 87.7 Å². The highest BCUT2D eigenvalue weighted by atomic mass is 32.2. The first-order valence-corrected chi connectivity index (χ1v) is 15.9. The number of carbonyl (C=O) groups is 3. The second-order valence-electron chi connectivity index (χ2n) is 12.3. The molecule has 4 rings (SSSR count). The maximum absolute atomic E-state index is 14.4. The van der Waals surface area contributed by atoms with Crippen molar-refractivity contribution in [3.8, 4) is 0 Å². The zero-order valence-electron chi connectivity index (χ0n) is 25.7. The molecule has 0 heterocycles. The molecule has 0 radical (unpaired) electrons. The number of hydrogen-bond acceptors (Lipinski definition) is 5. The Labute approximate surface area is 253 Å². The van der Waals surface area contributed by atoms with Gasteiger partial charge < -0.3 is 20.3 Å². The van der Waals surface area contributed by atoms with E-state index >= 15 is 0 Å². The van der Waals surface area contributed by atoms with E-state index in [4.69, 9.17) is 4.74 Å². The molecule has 1 aliphatic rings. The first kappa shape index (κ1) is 31.4. The Balaban J connectivity index is 1.73. The number of hydrogen-bond donors (Lipinski definition) is 2. The van der Waals surface area contributed by atoms with Gasteiger partial charge in [-0.1, -0.05) is 55.5 Å². The normalized spacial score (nSPS) is 17.7. The smallest absolute Gasteiger partial charge is 0.408 e. The number of nitrogens with one attached hydrogen (secondary N) is 2. The van der Waals surface area contributed by atoms with E-state index in [0.717, 1.165) is 33.9 Å². The van der Waals surface area contributed by atoms with Gasteiger partial charge in [0.25, 0.3) is 5.91 Å². The predicted molar refractivity (Wildman–Crippen MR) is 172 cm³/mol. The number of amides is 3. The van der Waals surface area contributed by atoms with Crippen LogP contribution in [0.4, 0.5) is 10.5 Å². The third-order valence-electron chi connectivity index (χ3n) is 7.67. The zero-order chi connectivity index (χ0) is 30.6. The van der Waals surface area contributed by atoms with E-state index in [-0.39, 0.29) is 23.8 Å². The lowest BCUT2D eigenvalue weighted by Gasteiger charge is -2.35. The van der Waals surface area contributed by atoms with Crippen LogP contribution in [0.5, 0.6) is 0 Å². The average molecular weight is 590 g/mol. The summed E-state index contributed by atoms with van der Waals surface area (Å²) in [5.74, 6) is 0.333. The van der Waals surface area contributed by atoms with Gasteiger partial charge in [-0.05, 0) is 105 Å². The molecular weight excluding hydrogens is 546 g/mol. The number of benzene rings is 3. The van der Waals surface area contributed by atoms with Crippen molar-refractivity contribution in [3.05, 3.63) is 77.4 Å². The number of aryl methyl sites for hydroxylation is 2. The minimum atomic E-state index is -0.879. The summed E-state index contributed by atoms with van der Waals surface area (Å²) < 4.78 is 5.50. The molecule has 3 aromatic rings. The third kappa shape index (κ3) is 7.85. The second kappa shape index (κ2) is 13.2. The van der Waals surface area contributed by atoms with E-state index in [1.165, 1.54) is 0 Å². The second-order valence-corrected chi connectivity index (χ2v) is 13.3. The van der Waals surface area contributed by atoms with E-state index < -0.39 is 23.8 Å². The molecule has 42 heavy (non-hydrogen) atoms. The van der Waals surface area contributed by atoms with Crippen LogP contribution in [0.3, 0.4) is 0 Å². The van der Waals surface area contributed by atoms with Crippen molar-refractivity contribution >= 4 is 46.1 Å². The van der Waals surface area contributed by atoms with E-state index in [9.17, 15) is 14.4 Å². The molecular formula is C34H43N3O4S. The lowest BCUT2D eigenvalue weighted by atomic mass is 9.97. The summed E-state index contributed by atoms with van der Waals surface area (Å²) in [6, 6.07) is 17.9. The van der Waals surface area contributed by atoms with Gasteiger partial charge in [0.15, 0.2) is 0 Å². The lowest BCUT2D eigenvalue weighted by Crippen LogP contribution is -2.53. The molecule has 224 valence electrons. The summed E-state index contributed by atoms with van der Waals surface area (Å²) >= 11 is 1.60. The number of carbonyl (C=O) groups excluding carboxylic acids is 3. The van der Waals surface area contributed by atoms with Crippen molar-refractivity contribution in [2.24, 2.45) is 5.92 Å². The van der Waals surface area contributed by atoms with Crippen LogP contribution >= 0.6 is 11.8 Å². The Bertz CT molecular complexity index is 1450. The molecule has 0 aliphatic heterocycles. The van der Waals surface area contributed by atoms with Crippen LogP contribution in [0.25, 0.3) is 10.8 Å². The molecule has 2 N–H and O–H groups in total. The third-order valence-corrected chi connectivity index (χ3v) is 8.31. The number of anilines is 1. The minimum absolute atomic E-state index is 0.122. The number of rotatable bonds is 10. The highest BCUT2D eigenvalue weighted by Crippen LogP contribution is 2.41. The average Bonchev–Trinajstić information content (AvgIpc) is 3.65. The molecule has 8 heteroatoms. The van der Waals surface area contributed by atoms with E-state index in [1.54, 1.807) is 37.4 Å².